The first-order valence-corrected chi connectivity index (χ1v) is 9.89. The number of aromatic nitrogens is 4. The van der Waals surface area contributed by atoms with E-state index in [4.69, 9.17) is 5.26 Å². The SMILES string of the molecule is CC[C@@H](CSCc1nc[nH]c1C)N=C(NC#N)NCCCc1c[nH]cn1. The predicted octanol–water partition coefficient (Wildman–Crippen LogP) is 2.10. The summed E-state index contributed by atoms with van der Waals surface area (Å²) in [5.41, 5.74) is 3.23. The third-order valence-electron chi connectivity index (χ3n) is 3.90. The number of nitrogens with zero attached hydrogens (tertiary/aromatic N) is 4. The summed E-state index contributed by atoms with van der Waals surface area (Å²) < 4.78 is 0. The Kier molecular flexibility index (Phi) is 8.55. The van der Waals surface area contributed by atoms with Crippen LogP contribution in [0, 0.1) is 18.4 Å². The molecule has 0 spiro atoms. The molecule has 0 bridgehead atoms. The molecular formula is C17H26N8S. The van der Waals surface area contributed by atoms with Crippen LogP contribution in [0.4, 0.5) is 0 Å². The Morgan fingerprint density at radius 2 is 2.31 bits per heavy atom. The van der Waals surface area contributed by atoms with E-state index in [1.54, 1.807) is 24.4 Å². The van der Waals surface area contributed by atoms with Crippen LogP contribution in [0.25, 0.3) is 0 Å². The molecule has 0 radical (unpaired) electrons. The van der Waals surface area contributed by atoms with Crippen molar-refractivity contribution < 1.29 is 0 Å². The van der Waals surface area contributed by atoms with E-state index < -0.39 is 0 Å². The van der Waals surface area contributed by atoms with Crippen molar-refractivity contribution in [1.29, 1.82) is 5.26 Å². The van der Waals surface area contributed by atoms with Crippen molar-refractivity contribution in [3.63, 3.8) is 0 Å². The van der Waals surface area contributed by atoms with Crippen LogP contribution in [0.1, 0.15) is 36.8 Å². The summed E-state index contributed by atoms with van der Waals surface area (Å²) in [4.78, 5) is 19.2. The van der Waals surface area contributed by atoms with Crippen LogP contribution in [-0.4, -0.2) is 44.2 Å². The number of imidazole rings is 2. The molecule has 140 valence electrons. The zero-order valence-electron chi connectivity index (χ0n) is 15.2. The zero-order chi connectivity index (χ0) is 18.6. The third kappa shape index (κ3) is 6.80. The largest absolute Gasteiger partial charge is 0.356 e. The van der Waals surface area contributed by atoms with E-state index in [2.05, 4.69) is 42.5 Å². The molecule has 0 unspecified atom stereocenters. The van der Waals surface area contributed by atoms with Gasteiger partial charge in [-0.05, 0) is 26.2 Å². The molecule has 2 aromatic heterocycles. The van der Waals surface area contributed by atoms with Crippen LogP contribution in [0.5, 0.6) is 0 Å². The standard InChI is InChI=1S/C17H26N8S/c1-3-14(8-26-9-16-13(2)22-12-24-16)25-17(21-10-18)20-6-4-5-15-7-19-11-23-15/h7,11-12,14H,3-6,8-9H2,1-2H3,(H,19,23)(H,22,24)(H2,20,21,25)/t14-/m0/s1. The van der Waals surface area contributed by atoms with Crippen molar-refractivity contribution in [2.75, 3.05) is 12.3 Å². The van der Waals surface area contributed by atoms with Gasteiger partial charge >= 0.3 is 0 Å². The lowest BCUT2D eigenvalue weighted by Crippen LogP contribution is -2.36. The molecule has 0 aromatic carbocycles. The number of guanidine groups is 1. The van der Waals surface area contributed by atoms with Gasteiger partial charge in [-0.25, -0.2) is 15.0 Å². The quantitative estimate of drug-likeness (QED) is 0.166. The van der Waals surface area contributed by atoms with Crippen molar-refractivity contribution in [3.8, 4) is 6.19 Å². The summed E-state index contributed by atoms with van der Waals surface area (Å²) in [7, 11) is 0. The van der Waals surface area contributed by atoms with E-state index in [0.29, 0.717) is 5.96 Å². The maximum absolute atomic E-state index is 8.95. The molecule has 2 heterocycles. The fraction of sp³-hybridized carbons (Fsp3) is 0.529. The summed E-state index contributed by atoms with van der Waals surface area (Å²) in [5.74, 6) is 2.28. The van der Waals surface area contributed by atoms with Gasteiger partial charge in [0.2, 0.25) is 5.96 Å². The minimum atomic E-state index is 0.147. The highest BCUT2D eigenvalue weighted by Crippen LogP contribution is 2.16. The lowest BCUT2D eigenvalue weighted by molar-refractivity contribution is 0.699. The molecule has 4 N–H and O–H groups in total. The molecule has 0 aliphatic rings. The predicted molar refractivity (Wildman–Crippen MR) is 105 cm³/mol. The molecule has 0 amide bonds. The Morgan fingerprint density at radius 1 is 1.42 bits per heavy atom. The van der Waals surface area contributed by atoms with Gasteiger partial charge in [0.25, 0.3) is 0 Å². The summed E-state index contributed by atoms with van der Waals surface area (Å²) >= 11 is 1.80. The maximum atomic E-state index is 8.95. The highest BCUT2D eigenvalue weighted by molar-refractivity contribution is 7.98. The fourth-order valence-electron chi connectivity index (χ4n) is 2.33. The van der Waals surface area contributed by atoms with Crippen LogP contribution in [-0.2, 0) is 12.2 Å². The Morgan fingerprint density at radius 3 is 2.96 bits per heavy atom. The van der Waals surface area contributed by atoms with Crippen molar-refractivity contribution in [3.05, 3.63) is 35.9 Å². The lowest BCUT2D eigenvalue weighted by Gasteiger charge is -2.13. The van der Waals surface area contributed by atoms with Gasteiger partial charge in [-0.15, -0.1) is 0 Å². The molecule has 0 saturated heterocycles. The van der Waals surface area contributed by atoms with Crippen molar-refractivity contribution >= 4 is 17.7 Å². The van der Waals surface area contributed by atoms with E-state index in [-0.39, 0.29) is 6.04 Å². The molecule has 2 aromatic rings. The van der Waals surface area contributed by atoms with Crippen LogP contribution >= 0.6 is 11.8 Å². The van der Waals surface area contributed by atoms with Gasteiger partial charge in [0.1, 0.15) is 0 Å². The zero-order valence-corrected chi connectivity index (χ0v) is 16.1. The fourth-order valence-corrected chi connectivity index (χ4v) is 3.52. The van der Waals surface area contributed by atoms with Gasteiger partial charge in [-0.3, -0.25) is 5.32 Å². The molecule has 1 atom stereocenters. The number of hydrogen-bond donors (Lipinski definition) is 4. The first kappa shape index (κ1) is 19.8. The van der Waals surface area contributed by atoms with Gasteiger partial charge < -0.3 is 15.3 Å². The van der Waals surface area contributed by atoms with Gasteiger partial charge in [0.05, 0.1) is 30.1 Å². The molecule has 26 heavy (non-hydrogen) atoms. The molecule has 2 rings (SSSR count). The van der Waals surface area contributed by atoms with E-state index in [0.717, 1.165) is 54.4 Å². The number of aliphatic imine (C=N–C) groups is 1. The number of nitriles is 1. The molecule has 0 aliphatic heterocycles. The Labute approximate surface area is 158 Å². The molecule has 9 heteroatoms. The normalized spacial score (nSPS) is 12.6. The van der Waals surface area contributed by atoms with Gasteiger partial charge in [0.15, 0.2) is 6.19 Å². The number of thioether (sulfide) groups is 1. The number of rotatable bonds is 10. The van der Waals surface area contributed by atoms with E-state index in [9.17, 15) is 0 Å². The molecule has 8 nitrogen and oxygen atoms in total. The highest BCUT2D eigenvalue weighted by Gasteiger charge is 2.09. The van der Waals surface area contributed by atoms with E-state index in [1.165, 1.54) is 0 Å². The molecule has 0 saturated carbocycles. The summed E-state index contributed by atoms with van der Waals surface area (Å²) in [6.07, 6.45) is 9.97. The summed E-state index contributed by atoms with van der Waals surface area (Å²) in [6, 6.07) is 0.147. The average molecular weight is 375 g/mol. The lowest BCUT2D eigenvalue weighted by atomic mass is 10.2. The second-order valence-corrected chi connectivity index (χ2v) is 6.89. The first-order chi connectivity index (χ1) is 12.7. The van der Waals surface area contributed by atoms with Crippen LogP contribution in [0.3, 0.4) is 0 Å². The summed E-state index contributed by atoms with van der Waals surface area (Å²) in [5, 5.41) is 14.8. The molecular weight excluding hydrogens is 348 g/mol. The Balaban J connectivity index is 1.77. The van der Waals surface area contributed by atoms with Gasteiger partial charge in [-0.2, -0.15) is 17.0 Å². The second kappa shape index (κ2) is 11.2. The minimum Gasteiger partial charge on any atom is -0.356 e. The average Bonchev–Trinajstić information content (AvgIpc) is 3.29. The molecule has 0 fully saturated rings. The Hall–Kier alpha value is -2.47. The number of hydrogen-bond acceptors (Lipinski definition) is 5. The van der Waals surface area contributed by atoms with E-state index >= 15 is 0 Å². The Bertz CT molecular complexity index is 701. The number of nitrogens with one attached hydrogen (secondary N) is 4. The number of H-pyrrole nitrogens is 2. The van der Waals surface area contributed by atoms with Crippen molar-refractivity contribution in [2.24, 2.45) is 4.99 Å². The third-order valence-corrected chi connectivity index (χ3v) is 5.00. The monoisotopic (exact) mass is 374 g/mol. The number of aromatic amines is 2. The van der Waals surface area contributed by atoms with E-state index in [1.807, 2.05) is 19.3 Å². The van der Waals surface area contributed by atoms with Gasteiger partial charge in [-0.1, -0.05) is 6.92 Å². The topological polar surface area (TPSA) is 118 Å². The second-order valence-electron chi connectivity index (χ2n) is 5.86. The van der Waals surface area contributed by atoms with Crippen LogP contribution < -0.4 is 10.6 Å². The maximum Gasteiger partial charge on any atom is 0.205 e. The van der Waals surface area contributed by atoms with Crippen molar-refractivity contribution in [1.82, 2.24) is 30.6 Å². The first-order valence-electron chi connectivity index (χ1n) is 8.74. The molecule has 0 aliphatic carbocycles. The smallest absolute Gasteiger partial charge is 0.205 e. The highest BCUT2D eigenvalue weighted by atomic mass is 32.2. The van der Waals surface area contributed by atoms with Crippen LogP contribution in [0.2, 0.25) is 0 Å². The van der Waals surface area contributed by atoms with Crippen LogP contribution in [0.15, 0.2) is 23.8 Å². The number of aryl methyl sites for hydroxylation is 2. The minimum absolute atomic E-state index is 0.147. The summed E-state index contributed by atoms with van der Waals surface area (Å²) in [6.45, 7) is 4.87. The van der Waals surface area contributed by atoms with Crippen molar-refractivity contribution in [2.45, 2.75) is 44.9 Å². The van der Waals surface area contributed by atoms with Gasteiger partial charge in [0, 0.05) is 29.9 Å².